The molecule has 0 aliphatic rings. The lowest BCUT2D eigenvalue weighted by Gasteiger charge is -2.25. The molecule has 0 aliphatic carbocycles. The van der Waals surface area contributed by atoms with Crippen LogP contribution in [0.2, 0.25) is 5.02 Å². The Labute approximate surface area is 154 Å². The molecule has 0 unspecified atom stereocenters. The molecule has 1 aromatic carbocycles. The van der Waals surface area contributed by atoms with Crippen molar-refractivity contribution in [2.45, 2.75) is 6.92 Å². The van der Waals surface area contributed by atoms with E-state index < -0.39 is 31.2 Å². The lowest BCUT2D eigenvalue weighted by Crippen LogP contribution is -2.39. The fraction of sp³-hybridized carbons (Fsp3) is 0.385. The largest absolute Gasteiger partial charge is 0.316 e. The second-order valence-electron chi connectivity index (χ2n) is 5.66. The molecular formula is C13H17ClN4O6S2. The Balaban J connectivity index is 2.73. The molecule has 144 valence electrons. The lowest BCUT2D eigenvalue weighted by atomic mass is 10.1. The smallest absolute Gasteiger partial charge is 0.314 e. The molecule has 0 atom stereocenters. The summed E-state index contributed by atoms with van der Waals surface area (Å²) in [5.74, 6) is 0. The van der Waals surface area contributed by atoms with Crippen molar-refractivity contribution in [1.82, 2.24) is 14.7 Å². The van der Waals surface area contributed by atoms with Gasteiger partial charge < -0.3 is 9.97 Å². The highest BCUT2D eigenvalue weighted by Gasteiger charge is 2.24. The number of aromatic amines is 2. The number of H-pyrrole nitrogens is 2. The van der Waals surface area contributed by atoms with Crippen LogP contribution in [-0.4, -0.2) is 52.4 Å². The Morgan fingerprint density at radius 1 is 1.12 bits per heavy atom. The Morgan fingerprint density at radius 2 is 1.69 bits per heavy atom. The zero-order valence-corrected chi connectivity index (χ0v) is 16.5. The summed E-state index contributed by atoms with van der Waals surface area (Å²) in [6, 6.07) is 1.39. The molecule has 3 N–H and O–H groups in total. The van der Waals surface area contributed by atoms with Crippen molar-refractivity contribution >= 4 is 48.4 Å². The number of anilines is 1. The highest BCUT2D eigenvalue weighted by atomic mass is 35.5. The molecule has 1 aromatic heterocycles. The molecule has 0 saturated heterocycles. The first-order chi connectivity index (χ1) is 11.8. The maximum absolute atomic E-state index is 12.3. The first-order valence-corrected chi connectivity index (χ1v) is 11.3. The minimum atomic E-state index is -3.86. The van der Waals surface area contributed by atoms with Crippen LogP contribution in [0, 0.1) is 6.92 Å². The average Bonchev–Trinajstić information content (AvgIpc) is 2.46. The van der Waals surface area contributed by atoms with Crippen LogP contribution in [0.1, 0.15) is 5.56 Å². The fourth-order valence-corrected chi connectivity index (χ4v) is 4.04. The summed E-state index contributed by atoms with van der Waals surface area (Å²) >= 11 is 6.14. The van der Waals surface area contributed by atoms with Crippen LogP contribution in [0.4, 0.5) is 5.69 Å². The number of hydrogen-bond donors (Lipinski definition) is 3. The Hall–Kier alpha value is -1.89. The topological polar surface area (TPSA) is 149 Å². The van der Waals surface area contributed by atoms with Gasteiger partial charge in [0.05, 0.1) is 29.2 Å². The number of rotatable bonds is 6. The molecule has 0 fully saturated rings. The number of aromatic nitrogens is 2. The average molecular weight is 425 g/mol. The van der Waals surface area contributed by atoms with E-state index in [0.717, 1.165) is 16.8 Å². The van der Waals surface area contributed by atoms with Crippen LogP contribution in [0.15, 0.2) is 15.7 Å². The molecule has 0 bridgehead atoms. The molecule has 0 spiro atoms. The van der Waals surface area contributed by atoms with E-state index in [0.29, 0.717) is 5.56 Å². The maximum atomic E-state index is 12.3. The number of hydrogen-bond acceptors (Lipinski definition) is 6. The summed E-state index contributed by atoms with van der Waals surface area (Å²) in [6.45, 7) is 1.10. The molecule has 0 radical (unpaired) electrons. The quantitative estimate of drug-likeness (QED) is 0.532. The second kappa shape index (κ2) is 7.02. The third-order valence-corrected chi connectivity index (χ3v) is 5.80. The standard InChI is InChI=1S/C13H17ClN4O6S2/c1-7-8(14)6-9-10(17-13(20)12(19)16-9)11(7)18(26(3,23)24)5-4-15-25(2,21)22/h6,15H,4-5H2,1-3H3,(H,16,19)(H,17,20). The van der Waals surface area contributed by atoms with E-state index in [2.05, 4.69) is 14.7 Å². The van der Waals surface area contributed by atoms with Crippen molar-refractivity contribution in [3.8, 4) is 0 Å². The molecule has 2 rings (SSSR count). The highest BCUT2D eigenvalue weighted by Crippen LogP contribution is 2.34. The van der Waals surface area contributed by atoms with Gasteiger partial charge in [0.25, 0.3) is 0 Å². The SMILES string of the molecule is Cc1c(Cl)cc2[nH]c(=O)c(=O)[nH]c2c1N(CCNS(C)(=O)=O)S(C)(=O)=O. The molecule has 13 heteroatoms. The van der Waals surface area contributed by atoms with E-state index in [4.69, 9.17) is 11.6 Å². The highest BCUT2D eigenvalue weighted by molar-refractivity contribution is 7.92. The molecule has 0 aliphatic heterocycles. The van der Waals surface area contributed by atoms with Crippen LogP contribution < -0.4 is 20.1 Å². The first-order valence-electron chi connectivity index (χ1n) is 7.19. The van der Waals surface area contributed by atoms with Crippen LogP contribution in [0.3, 0.4) is 0 Å². The van der Waals surface area contributed by atoms with E-state index in [1.54, 1.807) is 6.92 Å². The van der Waals surface area contributed by atoms with Gasteiger partial charge in [0.15, 0.2) is 0 Å². The Bertz CT molecular complexity index is 1180. The van der Waals surface area contributed by atoms with Crippen molar-refractivity contribution < 1.29 is 16.8 Å². The third-order valence-electron chi connectivity index (χ3n) is 3.51. The van der Waals surface area contributed by atoms with Gasteiger partial charge in [-0.15, -0.1) is 0 Å². The second-order valence-corrected chi connectivity index (χ2v) is 9.81. The molecule has 26 heavy (non-hydrogen) atoms. The van der Waals surface area contributed by atoms with Gasteiger partial charge in [-0.3, -0.25) is 13.9 Å². The minimum Gasteiger partial charge on any atom is -0.316 e. The van der Waals surface area contributed by atoms with E-state index in [-0.39, 0.29) is 34.8 Å². The summed E-state index contributed by atoms with van der Waals surface area (Å²) in [4.78, 5) is 27.9. The minimum absolute atomic E-state index is 0.0543. The number of nitrogens with zero attached hydrogens (tertiary/aromatic N) is 1. The van der Waals surface area contributed by atoms with Crippen molar-refractivity contribution in [3.63, 3.8) is 0 Å². The fourth-order valence-electron chi connectivity index (χ4n) is 2.40. The van der Waals surface area contributed by atoms with Gasteiger partial charge in [0, 0.05) is 18.1 Å². The van der Waals surface area contributed by atoms with Gasteiger partial charge in [-0.1, -0.05) is 11.6 Å². The van der Waals surface area contributed by atoms with Crippen LogP contribution in [0.25, 0.3) is 11.0 Å². The molecule has 2 aromatic rings. The first kappa shape index (κ1) is 20.4. The predicted molar refractivity (Wildman–Crippen MR) is 100.0 cm³/mol. The van der Waals surface area contributed by atoms with Crippen LogP contribution in [0.5, 0.6) is 0 Å². The van der Waals surface area contributed by atoms with Gasteiger partial charge in [0.1, 0.15) is 0 Å². The molecule has 1 heterocycles. The number of benzene rings is 1. The summed E-state index contributed by atoms with van der Waals surface area (Å²) in [5, 5.41) is 0.167. The Morgan fingerprint density at radius 3 is 2.23 bits per heavy atom. The number of sulfonamides is 2. The van der Waals surface area contributed by atoms with Gasteiger partial charge >= 0.3 is 11.1 Å². The number of nitrogens with one attached hydrogen (secondary N) is 3. The van der Waals surface area contributed by atoms with E-state index in [9.17, 15) is 26.4 Å². The molecular weight excluding hydrogens is 408 g/mol. The van der Waals surface area contributed by atoms with Gasteiger partial charge in [-0.2, -0.15) is 0 Å². The van der Waals surface area contributed by atoms with Crippen molar-refractivity contribution in [2.75, 3.05) is 29.9 Å². The summed E-state index contributed by atoms with van der Waals surface area (Å²) in [6.07, 6.45) is 1.88. The lowest BCUT2D eigenvalue weighted by molar-refractivity contribution is 0.583. The van der Waals surface area contributed by atoms with Crippen molar-refractivity contribution in [3.05, 3.63) is 37.4 Å². The molecule has 10 nitrogen and oxygen atoms in total. The maximum Gasteiger partial charge on any atom is 0.314 e. The normalized spacial score (nSPS) is 12.5. The molecule has 0 saturated carbocycles. The van der Waals surface area contributed by atoms with Gasteiger partial charge in [-0.05, 0) is 18.6 Å². The van der Waals surface area contributed by atoms with E-state index in [1.807, 2.05) is 0 Å². The summed E-state index contributed by atoms with van der Waals surface area (Å²) < 4.78 is 50.2. The molecule has 0 amide bonds. The number of halogens is 1. The zero-order chi connectivity index (χ0) is 19.9. The Kier molecular flexibility index (Phi) is 5.52. The van der Waals surface area contributed by atoms with Crippen molar-refractivity contribution in [1.29, 1.82) is 0 Å². The van der Waals surface area contributed by atoms with Crippen molar-refractivity contribution in [2.24, 2.45) is 0 Å². The van der Waals surface area contributed by atoms with Gasteiger partial charge in [-0.25, -0.2) is 21.6 Å². The third kappa shape index (κ3) is 4.44. The van der Waals surface area contributed by atoms with E-state index >= 15 is 0 Å². The van der Waals surface area contributed by atoms with Gasteiger partial charge in [0.2, 0.25) is 20.0 Å². The predicted octanol–water partition coefficient (Wildman–Crippen LogP) is -0.507. The van der Waals surface area contributed by atoms with E-state index in [1.165, 1.54) is 6.07 Å². The zero-order valence-electron chi connectivity index (χ0n) is 14.1. The monoisotopic (exact) mass is 424 g/mol. The summed E-state index contributed by atoms with van der Waals surface area (Å²) in [5.41, 5.74) is -1.26. The van der Waals surface area contributed by atoms with Crippen LogP contribution >= 0.6 is 11.6 Å². The summed E-state index contributed by atoms with van der Waals surface area (Å²) in [7, 11) is -7.39. The van der Waals surface area contributed by atoms with Crippen LogP contribution in [-0.2, 0) is 20.0 Å². The number of fused-ring (bicyclic) bond motifs is 1.